The number of piperidine rings is 1. The molecule has 0 radical (unpaired) electrons. The summed E-state index contributed by atoms with van der Waals surface area (Å²) in [5, 5.41) is 7.30. The fraction of sp³-hybridized carbons (Fsp3) is 0.500. The number of aromatic amines is 1. The summed E-state index contributed by atoms with van der Waals surface area (Å²) >= 11 is 0. The first-order valence-corrected chi connectivity index (χ1v) is 9.11. The summed E-state index contributed by atoms with van der Waals surface area (Å²) < 4.78 is 5.25. The van der Waals surface area contributed by atoms with Crippen molar-refractivity contribution in [2.24, 2.45) is 0 Å². The first-order valence-electron chi connectivity index (χ1n) is 9.11. The van der Waals surface area contributed by atoms with Gasteiger partial charge in [-0.3, -0.25) is 9.89 Å². The van der Waals surface area contributed by atoms with E-state index in [2.05, 4.69) is 22.0 Å². The summed E-state index contributed by atoms with van der Waals surface area (Å²) in [5.41, 5.74) is 3.01. The van der Waals surface area contributed by atoms with Crippen LogP contribution in [0.1, 0.15) is 55.0 Å². The Morgan fingerprint density at radius 3 is 2.64 bits per heavy atom. The number of benzene rings is 1. The predicted octanol–water partition coefficient (Wildman–Crippen LogP) is 3.51. The lowest BCUT2D eigenvalue weighted by Crippen LogP contribution is -2.44. The number of likely N-dealkylation sites (tertiary alicyclic amines) is 1. The lowest BCUT2D eigenvalue weighted by atomic mass is 9.90. The van der Waals surface area contributed by atoms with Crippen LogP contribution in [0.2, 0.25) is 0 Å². The normalized spacial score (nSPS) is 21.8. The van der Waals surface area contributed by atoms with Crippen molar-refractivity contribution >= 4 is 5.91 Å². The van der Waals surface area contributed by atoms with E-state index < -0.39 is 0 Å². The van der Waals surface area contributed by atoms with E-state index in [1.54, 1.807) is 7.11 Å². The third-order valence-corrected chi connectivity index (χ3v) is 5.77. The number of hydrogen-bond donors (Lipinski definition) is 1. The van der Waals surface area contributed by atoms with Crippen molar-refractivity contribution in [1.82, 2.24) is 15.1 Å². The maximum atomic E-state index is 13.5. The Hall–Kier alpha value is -2.30. The summed E-state index contributed by atoms with van der Waals surface area (Å²) in [6, 6.07) is 8.12. The number of hydrogen-bond acceptors (Lipinski definition) is 3. The number of nitrogens with one attached hydrogen (secondary N) is 1. The number of carbonyl (C=O) groups excluding carboxylic acids is 1. The van der Waals surface area contributed by atoms with Gasteiger partial charge in [-0.05, 0) is 62.3 Å². The molecule has 1 atom stereocenters. The van der Waals surface area contributed by atoms with Crippen LogP contribution < -0.4 is 4.74 Å². The summed E-state index contributed by atoms with van der Waals surface area (Å²) in [6.45, 7) is 2.90. The number of carbonyl (C=O) groups is 1. The molecular formula is C20H25N3O2. The molecule has 25 heavy (non-hydrogen) atoms. The molecule has 5 heteroatoms. The minimum atomic E-state index is -0.338. The van der Waals surface area contributed by atoms with Gasteiger partial charge in [0.05, 0.1) is 30.5 Å². The van der Waals surface area contributed by atoms with E-state index in [-0.39, 0.29) is 17.4 Å². The molecule has 1 aliphatic carbocycles. The molecule has 1 aromatic carbocycles. The Morgan fingerprint density at radius 1 is 1.28 bits per heavy atom. The molecule has 1 aliphatic heterocycles. The van der Waals surface area contributed by atoms with Crippen molar-refractivity contribution in [1.29, 1.82) is 0 Å². The molecule has 0 spiro atoms. The van der Waals surface area contributed by atoms with E-state index in [1.165, 1.54) is 0 Å². The molecule has 132 valence electrons. The molecule has 1 saturated carbocycles. The molecule has 2 fully saturated rings. The Balaban J connectivity index is 1.62. The lowest BCUT2D eigenvalue weighted by molar-refractivity contribution is -0.138. The molecule has 4 rings (SSSR count). The fourth-order valence-electron chi connectivity index (χ4n) is 4.10. The molecule has 1 N–H and O–H groups in total. The zero-order valence-electron chi connectivity index (χ0n) is 14.9. The summed E-state index contributed by atoms with van der Waals surface area (Å²) in [7, 11) is 1.66. The fourth-order valence-corrected chi connectivity index (χ4v) is 4.10. The van der Waals surface area contributed by atoms with E-state index in [4.69, 9.17) is 4.74 Å². The third kappa shape index (κ3) is 2.71. The molecule has 1 amide bonds. The number of aromatic nitrogens is 2. The SMILES string of the molecule is COc1ccc(C2(C(=O)N3CCCC[C@H]3c3[nH]ncc3C)CC2)cc1. The number of amides is 1. The Labute approximate surface area is 148 Å². The highest BCUT2D eigenvalue weighted by molar-refractivity contribution is 5.91. The average Bonchev–Trinajstić information content (AvgIpc) is 3.36. The van der Waals surface area contributed by atoms with E-state index in [0.717, 1.165) is 61.2 Å². The van der Waals surface area contributed by atoms with Crippen LogP contribution >= 0.6 is 0 Å². The van der Waals surface area contributed by atoms with Gasteiger partial charge in [0.2, 0.25) is 5.91 Å². The second kappa shape index (κ2) is 6.21. The van der Waals surface area contributed by atoms with Crippen molar-refractivity contribution in [3.63, 3.8) is 0 Å². The largest absolute Gasteiger partial charge is 0.497 e. The van der Waals surface area contributed by atoms with Crippen LogP contribution in [0.5, 0.6) is 5.75 Å². The van der Waals surface area contributed by atoms with Gasteiger partial charge < -0.3 is 9.64 Å². The number of H-pyrrole nitrogens is 1. The van der Waals surface area contributed by atoms with Crippen LogP contribution in [0, 0.1) is 6.92 Å². The number of rotatable bonds is 4. The summed E-state index contributed by atoms with van der Waals surface area (Å²) in [5.74, 6) is 1.10. The molecular weight excluding hydrogens is 314 g/mol. The van der Waals surface area contributed by atoms with Gasteiger partial charge in [0, 0.05) is 6.54 Å². The Kier molecular flexibility index (Phi) is 4.02. The highest BCUT2D eigenvalue weighted by Crippen LogP contribution is 2.51. The first-order chi connectivity index (χ1) is 12.2. The minimum absolute atomic E-state index is 0.125. The van der Waals surface area contributed by atoms with Gasteiger partial charge in [0.15, 0.2) is 0 Å². The minimum Gasteiger partial charge on any atom is -0.497 e. The molecule has 2 heterocycles. The third-order valence-electron chi connectivity index (χ3n) is 5.77. The number of aryl methyl sites for hydroxylation is 1. The number of methoxy groups -OCH3 is 1. The first kappa shape index (κ1) is 16.2. The van der Waals surface area contributed by atoms with E-state index in [1.807, 2.05) is 30.5 Å². The zero-order valence-corrected chi connectivity index (χ0v) is 14.9. The van der Waals surface area contributed by atoms with Crippen molar-refractivity contribution in [2.45, 2.75) is 50.5 Å². The predicted molar refractivity (Wildman–Crippen MR) is 95.5 cm³/mol. The van der Waals surface area contributed by atoms with Gasteiger partial charge in [0.25, 0.3) is 0 Å². The lowest BCUT2D eigenvalue weighted by Gasteiger charge is -2.38. The molecule has 1 saturated heterocycles. The highest BCUT2D eigenvalue weighted by Gasteiger charge is 2.54. The second-order valence-corrected chi connectivity index (χ2v) is 7.29. The van der Waals surface area contributed by atoms with Crippen molar-refractivity contribution in [2.75, 3.05) is 13.7 Å². The van der Waals surface area contributed by atoms with Crippen LogP contribution in [-0.2, 0) is 10.2 Å². The van der Waals surface area contributed by atoms with Crippen molar-refractivity contribution in [3.05, 3.63) is 47.3 Å². The molecule has 2 aliphatic rings. The molecule has 0 bridgehead atoms. The van der Waals surface area contributed by atoms with Gasteiger partial charge in [-0.1, -0.05) is 12.1 Å². The smallest absolute Gasteiger partial charge is 0.233 e. The van der Waals surface area contributed by atoms with Gasteiger partial charge in [0.1, 0.15) is 5.75 Å². The van der Waals surface area contributed by atoms with E-state index in [0.29, 0.717) is 0 Å². The van der Waals surface area contributed by atoms with Crippen LogP contribution in [0.25, 0.3) is 0 Å². The summed E-state index contributed by atoms with van der Waals surface area (Å²) in [4.78, 5) is 15.6. The zero-order chi connectivity index (χ0) is 17.4. The second-order valence-electron chi connectivity index (χ2n) is 7.29. The standard InChI is InChI=1S/C20H25N3O2/c1-14-13-21-22-18(14)17-5-3-4-12-23(17)19(24)20(10-11-20)15-6-8-16(25-2)9-7-15/h6-9,13,17H,3-5,10-12H2,1-2H3,(H,21,22)/t17-/m0/s1. The monoisotopic (exact) mass is 339 g/mol. The Morgan fingerprint density at radius 2 is 2.04 bits per heavy atom. The maximum Gasteiger partial charge on any atom is 0.233 e. The maximum absolute atomic E-state index is 13.5. The number of ether oxygens (including phenoxy) is 1. The topological polar surface area (TPSA) is 58.2 Å². The molecule has 2 aromatic rings. The van der Waals surface area contributed by atoms with Gasteiger partial charge in [-0.2, -0.15) is 5.10 Å². The van der Waals surface area contributed by atoms with Crippen LogP contribution in [0.3, 0.4) is 0 Å². The number of nitrogens with zero attached hydrogens (tertiary/aromatic N) is 2. The molecule has 5 nitrogen and oxygen atoms in total. The van der Waals surface area contributed by atoms with Crippen molar-refractivity contribution < 1.29 is 9.53 Å². The van der Waals surface area contributed by atoms with Gasteiger partial charge in [-0.15, -0.1) is 0 Å². The Bertz CT molecular complexity index is 762. The molecule has 0 unspecified atom stereocenters. The van der Waals surface area contributed by atoms with Crippen LogP contribution in [-0.4, -0.2) is 34.7 Å². The van der Waals surface area contributed by atoms with Crippen LogP contribution in [0.15, 0.2) is 30.5 Å². The van der Waals surface area contributed by atoms with E-state index >= 15 is 0 Å². The van der Waals surface area contributed by atoms with Crippen LogP contribution in [0.4, 0.5) is 0 Å². The highest BCUT2D eigenvalue weighted by atomic mass is 16.5. The van der Waals surface area contributed by atoms with E-state index in [9.17, 15) is 4.79 Å². The van der Waals surface area contributed by atoms with Gasteiger partial charge >= 0.3 is 0 Å². The van der Waals surface area contributed by atoms with Crippen molar-refractivity contribution in [3.8, 4) is 5.75 Å². The molecule has 1 aromatic heterocycles. The quantitative estimate of drug-likeness (QED) is 0.927. The summed E-state index contributed by atoms with van der Waals surface area (Å²) in [6.07, 6.45) is 6.96. The average molecular weight is 339 g/mol. The van der Waals surface area contributed by atoms with Gasteiger partial charge in [-0.25, -0.2) is 0 Å².